The van der Waals surface area contributed by atoms with E-state index in [0.717, 1.165) is 38.1 Å². The highest BCUT2D eigenvalue weighted by Crippen LogP contribution is 2.59. The minimum Gasteiger partial charge on any atom is -0.387 e. The van der Waals surface area contributed by atoms with Gasteiger partial charge in [0.25, 0.3) is 0 Å². The minimum absolute atomic E-state index is 0.100. The van der Waals surface area contributed by atoms with Crippen LogP contribution in [-0.2, 0) is 11.8 Å². The molecule has 23 heavy (non-hydrogen) atoms. The molecule has 0 amide bonds. The van der Waals surface area contributed by atoms with Crippen molar-refractivity contribution >= 4 is 0 Å². The lowest BCUT2D eigenvalue weighted by Gasteiger charge is -2.59. The number of piperidine rings is 1. The van der Waals surface area contributed by atoms with E-state index in [1.165, 1.54) is 36.1 Å². The Bertz CT molecular complexity index is 655. The van der Waals surface area contributed by atoms with Crippen molar-refractivity contribution in [3.8, 4) is 0 Å². The number of hydrogen-bond acceptors (Lipinski definition) is 3. The van der Waals surface area contributed by atoms with E-state index in [0.29, 0.717) is 0 Å². The van der Waals surface area contributed by atoms with Crippen molar-refractivity contribution in [2.45, 2.75) is 68.5 Å². The number of likely N-dealkylation sites (tertiary alicyclic amines) is 1. The van der Waals surface area contributed by atoms with Gasteiger partial charge in [-0.2, -0.15) is 0 Å². The van der Waals surface area contributed by atoms with Crippen molar-refractivity contribution in [1.29, 1.82) is 0 Å². The topological polar surface area (TPSA) is 49.5 Å². The molecule has 1 heterocycles. The van der Waals surface area contributed by atoms with E-state index >= 15 is 0 Å². The second kappa shape index (κ2) is 4.59. The number of hydrogen-bond donors (Lipinski definition) is 2. The van der Waals surface area contributed by atoms with Crippen LogP contribution < -0.4 is 5.73 Å². The number of benzene rings is 1. The van der Waals surface area contributed by atoms with Crippen molar-refractivity contribution in [3.05, 3.63) is 34.9 Å². The number of nitrogens with two attached hydrogens (primary N) is 1. The molecule has 1 aromatic rings. The van der Waals surface area contributed by atoms with Gasteiger partial charge < -0.3 is 10.8 Å². The highest BCUT2D eigenvalue weighted by Gasteiger charge is 2.66. The van der Waals surface area contributed by atoms with E-state index in [1.807, 2.05) is 0 Å². The van der Waals surface area contributed by atoms with E-state index in [2.05, 4.69) is 30.0 Å². The quantitative estimate of drug-likeness (QED) is 0.879. The Balaban J connectivity index is 1.64. The lowest BCUT2D eigenvalue weighted by atomic mass is 9.56. The molecule has 4 aliphatic rings. The van der Waals surface area contributed by atoms with Gasteiger partial charge in [0.05, 0.1) is 5.60 Å². The number of aliphatic hydroxyl groups is 1. The summed E-state index contributed by atoms with van der Waals surface area (Å²) in [5, 5.41) is 11.9. The highest BCUT2D eigenvalue weighted by molar-refractivity contribution is 5.47. The van der Waals surface area contributed by atoms with Gasteiger partial charge in [-0.1, -0.05) is 23.8 Å². The van der Waals surface area contributed by atoms with Crippen LogP contribution in [0.1, 0.15) is 48.8 Å². The first-order chi connectivity index (χ1) is 11.0. The van der Waals surface area contributed by atoms with Crippen molar-refractivity contribution in [3.63, 3.8) is 0 Å². The summed E-state index contributed by atoms with van der Waals surface area (Å²) < 4.78 is 0. The molecule has 2 bridgehead atoms. The zero-order valence-electron chi connectivity index (χ0n) is 14.1. The zero-order valence-corrected chi connectivity index (χ0v) is 14.1. The molecule has 5 rings (SSSR count). The molecule has 3 heteroatoms. The number of fused-ring (bicyclic) bond motifs is 1. The maximum atomic E-state index is 11.9. The van der Waals surface area contributed by atoms with Gasteiger partial charge >= 0.3 is 0 Å². The lowest BCUT2D eigenvalue weighted by molar-refractivity contribution is -0.131. The summed E-state index contributed by atoms with van der Waals surface area (Å²) in [5.41, 5.74) is 9.86. The fourth-order valence-electron chi connectivity index (χ4n) is 6.01. The normalized spacial score (nSPS) is 42.4. The molecule has 3 nitrogen and oxygen atoms in total. The molecule has 2 saturated carbocycles. The van der Waals surface area contributed by atoms with Crippen molar-refractivity contribution in [2.75, 3.05) is 13.1 Å². The molecule has 0 aromatic heterocycles. The molecule has 0 unspecified atom stereocenters. The Morgan fingerprint density at radius 2 is 2.13 bits per heavy atom. The van der Waals surface area contributed by atoms with Crippen LogP contribution in [0, 0.1) is 12.8 Å². The van der Waals surface area contributed by atoms with Crippen LogP contribution >= 0.6 is 0 Å². The zero-order chi connectivity index (χ0) is 15.8. The Labute approximate surface area is 138 Å². The predicted molar refractivity (Wildman–Crippen MR) is 91.4 cm³/mol. The van der Waals surface area contributed by atoms with Gasteiger partial charge in [-0.3, -0.25) is 4.90 Å². The van der Waals surface area contributed by atoms with Gasteiger partial charge in [-0.15, -0.1) is 0 Å². The highest BCUT2D eigenvalue weighted by atomic mass is 16.3. The van der Waals surface area contributed by atoms with Gasteiger partial charge in [0, 0.05) is 24.0 Å². The summed E-state index contributed by atoms with van der Waals surface area (Å²) >= 11 is 0. The summed E-state index contributed by atoms with van der Waals surface area (Å²) in [5.74, 6) is 0.876. The van der Waals surface area contributed by atoms with Gasteiger partial charge in [-0.05, 0) is 69.0 Å². The molecule has 4 atom stereocenters. The smallest absolute Gasteiger partial charge is 0.0917 e. The van der Waals surface area contributed by atoms with Crippen LogP contribution in [-0.4, -0.2) is 40.8 Å². The fraction of sp³-hybridized carbons (Fsp3) is 0.700. The van der Waals surface area contributed by atoms with E-state index in [4.69, 9.17) is 5.73 Å². The first-order valence-corrected chi connectivity index (χ1v) is 9.34. The Kier molecular flexibility index (Phi) is 2.88. The lowest BCUT2D eigenvalue weighted by Crippen LogP contribution is -2.69. The average molecular weight is 312 g/mol. The molecular weight excluding hydrogens is 284 g/mol. The second-order valence-electron chi connectivity index (χ2n) is 8.74. The molecule has 3 aliphatic carbocycles. The Morgan fingerprint density at radius 3 is 2.91 bits per heavy atom. The van der Waals surface area contributed by atoms with Gasteiger partial charge in [-0.25, -0.2) is 0 Å². The maximum Gasteiger partial charge on any atom is 0.0917 e. The second-order valence-corrected chi connectivity index (χ2v) is 8.74. The largest absolute Gasteiger partial charge is 0.387 e. The van der Waals surface area contributed by atoms with Crippen LogP contribution in [0.15, 0.2) is 18.2 Å². The minimum atomic E-state index is -0.625. The SMILES string of the molecule is Cc1ccc2c(c1)[C@]13CCN(CC4CC4)[C@H](C2)[C@]1(O)C[C@H](N)C3. The van der Waals surface area contributed by atoms with Crippen molar-refractivity contribution in [1.82, 2.24) is 4.90 Å². The van der Waals surface area contributed by atoms with Gasteiger partial charge in [0.1, 0.15) is 0 Å². The van der Waals surface area contributed by atoms with Crippen LogP contribution in [0.3, 0.4) is 0 Å². The molecule has 0 spiro atoms. The van der Waals surface area contributed by atoms with E-state index < -0.39 is 5.60 Å². The van der Waals surface area contributed by atoms with E-state index in [9.17, 15) is 5.11 Å². The monoisotopic (exact) mass is 312 g/mol. The summed E-state index contributed by atoms with van der Waals surface area (Å²) in [7, 11) is 0. The molecule has 1 aliphatic heterocycles. The van der Waals surface area contributed by atoms with E-state index in [1.54, 1.807) is 0 Å². The predicted octanol–water partition coefficient (Wildman–Crippen LogP) is 2.13. The van der Waals surface area contributed by atoms with Crippen LogP contribution in [0.25, 0.3) is 0 Å². The number of rotatable bonds is 2. The van der Waals surface area contributed by atoms with Crippen LogP contribution in [0.2, 0.25) is 0 Å². The Morgan fingerprint density at radius 1 is 1.30 bits per heavy atom. The number of aryl methyl sites for hydroxylation is 1. The van der Waals surface area contributed by atoms with Crippen LogP contribution in [0.4, 0.5) is 0 Å². The first kappa shape index (κ1) is 14.4. The number of nitrogens with zero attached hydrogens (tertiary/aromatic N) is 1. The van der Waals surface area contributed by atoms with Gasteiger partial charge in [0.15, 0.2) is 0 Å². The maximum absolute atomic E-state index is 11.9. The van der Waals surface area contributed by atoms with Crippen molar-refractivity contribution in [2.24, 2.45) is 11.7 Å². The van der Waals surface area contributed by atoms with Crippen LogP contribution in [0.5, 0.6) is 0 Å². The molecular formula is C20H28N2O. The molecule has 0 radical (unpaired) electrons. The Hall–Kier alpha value is -0.900. The fourth-order valence-corrected chi connectivity index (χ4v) is 6.01. The molecule has 3 N–H and O–H groups in total. The molecule has 124 valence electrons. The molecule has 1 aromatic carbocycles. The first-order valence-electron chi connectivity index (χ1n) is 9.34. The standard InChI is InChI=1S/C20H28N2O/c1-13-2-5-15-9-18-20(23)11-16(21)10-19(20,17(15)8-13)6-7-22(18)12-14-3-4-14/h2,5,8,14,16,18,23H,3-4,6-7,9-12,21H2,1H3/t16-,18-,19-,20-/m1/s1. The van der Waals surface area contributed by atoms with E-state index in [-0.39, 0.29) is 17.5 Å². The third-order valence-electron chi connectivity index (χ3n) is 7.21. The van der Waals surface area contributed by atoms with Crippen molar-refractivity contribution < 1.29 is 5.11 Å². The average Bonchev–Trinajstić information content (AvgIpc) is 3.25. The summed E-state index contributed by atoms with van der Waals surface area (Å²) in [4.78, 5) is 2.61. The third-order valence-corrected chi connectivity index (χ3v) is 7.21. The summed E-state index contributed by atoms with van der Waals surface area (Å²) in [6.45, 7) is 4.47. The summed E-state index contributed by atoms with van der Waals surface area (Å²) in [6, 6.07) is 7.28. The molecule has 1 saturated heterocycles. The summed E-state index contributed by atoms with van der Waals surface area (Å²) in [6.07, 6.45) is 6.54. The third kappa shape index (κ3) is 1.87. The molecule has 3 fully saturated rings. The van der Waals surface area contributed by atoms with Gasteiger partial charge in [0.2, 0.25) is 0 Å².